The van der Waals surface area contributed by atoms with Crippen molar-refractivity contribution in [1.29, 1.82) is 0 Å². The summed E-state index contributed by atoms with van der Waals surface area (Å²) in [5.41, 5.74) is 5.45. The van der Waals surface area contributed by atoms with Crippen molar-refractivity contribution in [2.75, 3.05) is 0 Å². The van der Waals surface area contributed by atoms with Gasteiger partial charge in [0.05, 0.1) is 11.4 Å². The molecule has 29 heavy (non-hydrogen) atoms. The number of rotatable bonds is 6. The molecule has 0 aliphatic rings. The molecular weight excluding hydrogens is 368 g/mol. The maximum atomic E-state index is 11.7. The van der Waals surface area contributed by atoms with Gasteiger partial charge in [0.1, 0.15) is 5.56 Å². The quantitative estimate of drug-likeness (QED) is 0.524. The first-order valence-electron chi connectivity index (χ1n) is 9.30. The molecule has 0 saturated heterocycles. The van der Waals surface area contributed by atoms with Crippen molar-refractivity contribution in [1.82, 2.24) is 30.4 Å². The van der Waals surface area contributed by atoms with Crippen molar-refractivity contribution in [3.05, 3.63) is 71.0 Å². The Morgan fingerprint density at radius 3 is 2.45 bits per heavy atom. The van der Waals surface area contributed by atoms with Crippen LogP contribution in [0.3, 0.4) is 0 Å². The molecular formula is C21H20N6O2. The van der Waals surface area contributed by atoms with Gasteiger partial charge in [0.2, 0.25) is 5.82 Å². The zero-order valence-electron chi connectivity index (χ0n) is 16.1. The number of benzene rings is 2. The van der Waals surface area contributed by atoms with Crippen LogP contribution in [0.25, 0.3) is 22.5 Å². The summed E-state index contributed by atoms with van der Waals surface area (Å²) in [7, 11) is 0. The van der Waals surface area contributed by atoms with Crippen LogP contribution in [0.4, 0.5) is 0 Å². The second-order valence-corrected chi connectivity index (χ2v) is 6.68. The van der Waals surface area contributed by atoms with Crippen LogP contribution in [0.2, 0.25) is 0 Å². The van der Waals surface area contributed by atoms with Gasteiger partial charge in [-0.25, -0.2) is 4.79 Å². The van der Waals surface area contributed by atoms with Gasteiger partial charge in [-0.15, -0.1) is 10.2 Å². The van der Waals surface area contributed by atoms with Crippen LogP contribution in [0.15, 0.2) is 48.5 Å². The van der Waals surface area contributed by atoms with E-state index in [9.17, 15) is 9.90 Å². The predicted octanol–water partition coefficient (Wildman–Crippen LogP) is 3.35. The lowest BCUT2D eigenvalue weighted by atomic mass is 9.97. The van der Waals surface area contributed by atoms with Gasteiger partial charge in [0.25, 0.3) is 0 Å². The van der Waals surface area contributed by atoms with Crippen molar-refractivity contribution in [2.45, 2.75) is 26.8 Å². The Balaban J connectivity index is 1.65. The molecule has 0 aliphatic heterocycles. The summed E-state index contributed by atoms with van der Waals surface area (Å²) in [5, 5.41) is 28.3. The number of nitrogens with one attached hydrogen (secondary N) is 1. The number of hydrogen-bond acceptors (Lipinski definition) is 5. The second-order valence-electron chi connectivity index (χ2n) is 6.68. The van der Waals surface area contributed by atoms with Crippen molar-refractivity contribution in [3.8, 4) is 22.5 Å². The molecule has 146 valence electrons. The molecule has 8 nitrogen and oxygen atoms in total. The minimum Gasteiger partial charge on any atom is -0.478 e. The first kappa shape index (κ1) is 18.5. The Kier molecular flexibility index (Phi) is 4.90. The second kappa shape index (κ2) is 7.67. The van der Waals surface area contributed by atoms with E-state index in [4.69, 9.17) is 0 Å². The van der Waals surface area contributed by atoms with E-state index in [1.54, 1.807) is 11.6 Å². The molecule has 0 fully saturated rings. The van der Waals surface area contributed by atoms with Crippen molar-refractivity contribution in [3.63, 3.8) is 0 Å². The predicted molar refractivity (Wildman–Crippen MR) is 107 cm³/mol. The molecule has 0 radical (unpaired) electrons. The standard InChI is InChI=1S/C21H20N6O2/c1-3-27-13(2)19(21(28)29)18(24-27)12-14-8-10-15(11-9-14)16-6-4-5-7-17(16)20-22-25-26-23-20/h4-11H,3,12H2,1-2H3,(H,28,29)(H,22,23,25,26). The van der Waals surface area contributed by atoms with E-state index >= 15 is 0 Å². The maximum absolute atomic E-state index is 11.7. The van der Waals surface area contributed by atoms with E-state index in [1.165, 1.54) is 0 Å². The van der Waals surface area contributed by atoms with Gasteiger partial charge in [0, 0.05) is 18.5 Å². The molecule has 0 bridgehead atoms. The molecule has 4 rings (SSSR count). The van der Waals surface area contributed by atoms with Crippen LogP contribution in [0, 0.1) is 6.92 Å². The summed E-state index contributed by atoms with van der Waals surface area (Å²) in [6.07, 6.45) is 0.461. The Morgan fingerprint density at radius 2 is 1.83 bits per heavy atom. The smallest absolute Gasteiger partial charge is 0.339 e. The summed E-state index contributed by atoms with van der Waals surface area (Å²) < 4.78 is 1.73. The number of carboxylic acids is 1. The lowest BCUT2D eigenvalue weighted by Gasteiger charge is -2.08. The third-order valence-electron chi connectivity index (χ3n) is 4.94. The summed E-state index contributed by atoms with van der Waals surface area (Å²) in [6.45, 7) is 4.38. The highest BCUT2D eigenvalue weighted by Gasteiger charge is 2.20. The van der Waals surface area contributed by atoms with Gasteiger partial charge in [-0.3, -0.25) is 4.68 Å². The van der Waals surface area contributed by atoms with Crippen LogP contribution >= 0.6 is 0 Å². The number of aryl methyl sites for hydroxylation is 1. The van der Waals surface area contributed by atoms with Crippen LogP contribution in [-0.2, 0) is 13.0 Å². The molecule has 0 spiro atoms. The van der Waals surface area contributed by atoms with Crippen molar-refractivity contribution < 1.29 is 9.90 Å². The topological polar surface area (TPSA) is 110 Å². The number of tetrazole rings is 1. The summed E-state index contributed by atoms with van der Waals surface area (Å²) >= 11 is 0. The minimum atomic E-state index is -0.942. The molecule has 2 aromatic heterocycles. The number of aromatic nitrogens is 6. The number of aromatic carboxylic acids is 1. The average Bonchev–Trinajstić information content (AvgIpc) is 3.36. The van der Waals surface area contributed by atoms with E-state index in [-0.39, 0.29) is 0 Å². The first-order valence-corrected chi connectivity index (χ1v) is 9.30. The normalized spacial score (nSPS) is 11.0. The largest absolute Gasteiger partial charge is 0.478 e. The fourth-order valence-corrected chi connectivity index (χ4v) is 3.52. The van der Waals surface area contributed by atoms with Gasteiger partial charge in [0.15, 0.2) is 0 Å². The molecule has 0 unspecified atom stereocenters. The molecule has 0 atom stereocenters. The average molecular weight is 388 g/mol. The summed E-state index contributed by atoms with van der Waals surface area (Å²) in [6, 6.07) is 15.9. The monoisotopic (exact) mass is 388 g/mol. The Bertz CT molecular complexity index is 1150. The van der Waals surface area contributed by atoms with Crippen molar-refractivity contribution >= 4 is 5.97 Å². The van der Waals surface area contributed by atoms with Crippen molar-refractivity contribution in [2.24, 2.45) is 0 Å². The number of nitrogens with zero attached hydrogens (tertiary/aromatic N) is 5. The first-order chi connectivity index (χ1) is 14.1. The zero-order chi connectivity index (χ0) is 20.4. The van der Waals surface area contributed by atoms with E-state index < -0.39 is 5.97 Å². The Morgan fingerprint density at radius 1 is 1.10 bits per heavy atom. The van der Waals surface area contributed by atoms with Crippen LogP contribution in [-0.4, -0.2) is 41.5 Å². The SMILES string of the molecule is CCn1nc(Cc2ccc(-c3ccccc3-c3nn[nH]n3)cc2)c(C(=O)O)c1C. The van der Waals surface area contributed by atoms with Gasteiger partial charge < -0.3 is 5.11 Å². The third kappa shape index (κ3) is 3.52. The third-order valence-corrected chi connectivity index (χ3v) is 4.94. The van der Waals surface area contributed by atoms with Gasteiger partial charge in [-0.2, -0.15) is 10.3 Å². The molecule has 0 amide bonds. The van der Waals surface area contributed by atoms with E-state index in [1.807, 2.05) is 55.5 Å². The molecule has 2 N–H and O–H groups in total. The highest BCUT2D eigenvalue weighted by atomic mass is 16.4. The van der Waals surface area contributed by atoms with Crippen LogP contribution in [0.5, 0.6) is 0 Å². The molecule has 0 saturated carbocycles. The molecule has 2 heterocycles. The van der Waals surface area contributed by atoms with Gasteiger partial charge in [-0.05, 0) is 35.8 Å². The minimum absolute atomic E-state index is 0.290. The number of aromatic amines is 1. The lowest BCUT2D eigenvalue weighted by molar-refractivity contribution is 0.0695. The highest BCUT2D eigenvalue weighted by Crippen LogP contribution is 2.30. The van der Waals surface area contributed by atoms with E-state index in [0.717, 1.165) is 22.3 Å². The maximum Gasteiger partial charge on any atom is 0.339 e. The van der Waals surface area contributed by atoms with Gasteiger partial charge >= 0.3 is 5.97 Å². The number of H-pyrrole nitrogens is 1. The van der Waals surface area contributed by atoms with Crippen LogP contribution in [0.1, 0.15) is 34.2 Å². The Hall–Kier alpha value is -3.81. The van der Waals surface area contributed by atoms with E-state index in [0.29, 0.717) is 35.7 Å². The van der Waals surface area contributed by atoms with Crippen LogP contribution < -0.4 is 0 Å². The fourth-order valence-electron chi connectivity index (χ4n) is 3.52. The fraction of sp³-hybridized carbons (Fsp3) is 0.190. The molecule has 4 aromatic rings. The number of carboxylic acid groups (broad SMARTS) is 1. The highest BCUT2D eigenvalue weighted by molar-refractivity contribution is 5.90. The number of hydrogen-bond donors (Lipinski definition) is 2. The number of carbonyl (C=O) groups is 1. The lowest BCUT2D eigenvalue weighted by Crippen LogP contribution is -2.03. The zero-order valence-corrected chi connectivity index (χ0v) is 16.1. The summed E-state index contributed by atoms with van der Waals surface area (Å²) in [4.78, 5) is 11.7. The molecule has 8 heteroatoms. The molecule has 0 aliphatic carbocycles. The Labute approximate surface area is 167 Å². The van der Waals surface area contributed by atoms with E-state index in [2.05, 4.69) is 25.7 Å². The molecule has 2 aromatic carbocycles. The van der Waals surface area contributed by atoms with Gasteiger partial charge in [-0.1, -0.05) is 48.5 Å². The summed E-state index contributed by atoms with van der Waals surface area (Å²) in [5.74, 6) is -0.404.